The van der Waals surface area contributed by atoms with Gasteiger partial charge in [-0.2, -0.15) is 13.2 Å². The lowest BCUT2D eigenvalue weighted by molar-refractivity contribution is -0.192. The number of halogens is 6. The van der Waals surface area contributed by atoms with Crippen LogP contribution in [0.15, 0.2) is 42.6 Å². The lowest BCUT2D eigenvalue weighted by Gasteiger charge is -2.39. The number of likely N-dealkylation sites (N-methyl/N-ethyl adjacent to an activating group) is 1. The molecule has 3 fully saturated rings. The van der Waals surface area contributed by atoms with Gasteiger partial charge in [0, 0.05) is 90.0 Å². The predicted octanol–water partition coefficient (Wildman–Crippen LogP) is 6.15. The third-order valence-electron chi connectivity index (χ3n) is 14.7. The molecule has 5 amide bonds. The van der Waals surface area contributed by atoms with Gasteiger partial charge in [0.15, 0.2) is 16.8 Å². The lowest BCUT2D eigenvalue weighted by Crippen LogP contribution is -2.59. The molecule has 2 atom stereocenters. The Balaban J connectivity index is 0.00000136. The van der Waals surface area contributed by atoms with Crippen molar-refractivity contribution in [3.63, 3.8) is 0 Å². The van der Waals surface area contributed by atoms with Crippen LogP contribution in [0.1, 0.15) is 80.9 Å². The largest absolute Gasteiger partial charge is 0.490 e. The van der Waals surface area contributed by atoms with Crippen molar-refractivity contribution in [2.45, 2.75) is 71.1 Å². The fraction of sp³-hybridized carbons (Fsp3) is 0.509. The second kappa shape index (κ2) is 29.6. The first-order chi connectivity index (χ1) is 40.0. The van der Waals surface area contributed by atoms with Crippen LogP contribution in [0.5, 0.6) is 0 Å². The highest BCUT2D eigenvalue weighted by Gasteiger charge is 2.39. The molecule has 0 bridgehead atoms. The summed E-state index contributed by atoms with van der Waals surface area (Å²) >= 11 is 7.51. The second-order valence-electron chi connectivity index (χ2n) is 20.4. The zero-order valence-corrected chi connectivity index (χ0v) is 48.7. The highest BCUT2D eigenvalue weighted by atomic mass is 35.5. The summed E-state index contributed by atoms with van der Waals surface area (Å²) in [7, 11) is 3.22. The number of hydrogen-bond acceptors (Lipinski definition) is 16. The number of anilines is 4. The third kappa shape index (κ3) is 16.8. The van der Waals surface area contributed by atoms with Gasteiger partial charge in [0.1, 0.15) is 34.1 Å². The van der Waals surface area contributed by atoms with E-state index in [9.17, 15) is 45.9 Å². The number of amides is 5. The molecule has 456 valence electrons. The molecule has 2 unspecified atom stereocenters. The first kappa shape index (κ1) is 64.5. The van der Waals surface area contributed by atoms with Crippen LogP contribution in [0.2, 0.25) is 5.02 Å². The minimum absolute atomic E-state index is 0.0110. The molecule has 8 rings (SSSR count). The number of alkyl halides is 3. The van der Waals surface area contributed by atoms with Crippen LogP contribution in [0.4, 0.5) is 44.4 Å². The van der Waals surface area contributed by atoms with Crippen molar-refractivity contribution in [1.29, 1.82) is 0 Å². The van der Waals surface area contributed by atoms with Gasteiger partial charge in [-0.3, -0.25) is 28.9 Å². The Kier molecular flexibility index (Phi) is 22.7. The normalized spacial score (nSPS) is 15.9. The van der Waals surface area contributed by atoms with E-state index in [0.717, 1.165) is 88.3 Å². The molecule has 3 aromatic heterocycles. The minimum Gasteiger partial charge on any atom is -0.475 e. The van der Waals surface area contributed by atoms with E-state index in [-0.39, 0.29) is 91.7 Å². The van der Waals surface area contributed by atoms with Crippen molar-refractivity contribution in [2.24, 2.45) is 13.0 Å². The molecule has 2 saturated heterocycles. The van der Waals surface area contributed by atoms with Crippen LogP contribution in [0.25, 0.3) is 10.9 Å². The molecule has 0 spiro atoms. The van der Waals surface area contributed by atoms with Crippen LogP contribution >= 0.6 is 22.9 Å². The number of hydrogen-bond donors (Lipinski definition) is 6. The number of rotatable bonds is 21. The van der Waals surface area contributed by atoms with Gasteiger partial charge in [0.25, 0.3) is 17.7 Å². The van der Waals surface area contributed by atoms with E-state index in [1.165, 1.54) is 34.0 Å². The summed E-state index contributed by atoms with van der Waals surface area (Å²) in [5.74, 6) is -4.98. The average Bonchev–Trinajstić information content (AvgIpc) is 3.37. The van der Waals surface area contributed by atoms with Crippen LogP contribution in [-0.2, 0) is 30.9 Å². The van der Waals surface area contributed by atoms with E-state index in [4.69, 9.17) is 31.0 Å². The highest BCUT2D eigenvalue weighted by Crippen LogP contribution is 2.32. The van der Waals surface area contributed by atoms with Crippen molar-refractivity contribution in [2.75, 3.05) is 114 Å². The van der Waals surface area contributed by atoms with Gasteiger partial charge in [-0.15, -0.1) is 0 Å². The Labute approximate surface area is 490 Å². The fourth-order valence-corrected chi connectivity index (χ4v) is 11.0. The highest BCUT2D eigenvalue weighted by molar-refractivity contribution is 7.17. The van der Waals surface area contributed by atoms with E-state index < -0.39 is 47.7 Å². The molecule has 84 heavy (non-hydrogen) atoms. The zero-order chi connectivity index (χ0) is 60.8. The Bertz CT molecular complexity index is 3130. The van der Waals surface area contributed by atoms with Gasteiger partial charge < -0.3 is 60.4 Å². The smallest absolute Gasteiger partial charge is 0.475 e. The first-order valence-corrected chi connectivity index (χ1v) is 28.6. The van der Waals surface area contributed by atoms with Gasteiger partial charge >= 0.3 is 12.1 Å². The van der Waals surface area contributed by atoms with Gasteiger partial charge in [-0.05, 0) is 64.3 Å². The van der Waals surface area contributed by atoms with Crippen LogP contribution in [0.3, 0.4) is 0 Å². The minimum atomic E-state index is -5.08. The number of piperazine rings is 2. The summed E-state index contributed by atoms with van der Waals surface area (Å²) in [5.41, 5.74) is 1.47. The molecular formula is C55H69ClF5N13O9S. The number of carbonyl (C=O) groups excluding carboxylic acids is 5. The number of fused-ring (bicyclic) bond motifs is 1. The Morgan fingerprint density at radius 2 is 1.51 bits per heavy atom. The summed E-state index contributed by atoms with van der Waals surface area (Å²) in [6.45, 7) is 11.2. The number of thiazole rings is 1. The molecule has 5 aromatic rings. The maximum absolute atomic E-state index is 14.7. The average molecular weight is 1220 g/mol. The van der Waals surface area contributed by atoms with Crippen LogP contribution in [-0.4, -0.2) is 192 Å². The van der Waals surface area contributed by atoms with E-state index in [0.29, 0.717) is 45.6 Å². The zero-order valence-electron chi connectivity index (χ0n) is 47.2. The molecule has 0 radical (unpaired) electrons. The number of nitrogens with zero attached hydrogens (tertiary/aromatic N) is 8. The molecule has 6 N–H and O–H groups in total. The topological polar surface area (TPSA) is 258 Å². The quantitative estimate of drug-likeness (QED) is 0.0356. The number of nitrogens with one attached hydrogen (secondary N) is 5. The number of aromatic nitrogens is 4. The molecule has 1 saturated carbocycles. The molecule has 1 aliphatic carbocycles. The number of carbonyl (C=O) groups is 6. The van der Waals surface area contributed by atoms with Crippen LogP contribution in [0, 0.1) is 31.4 Å². The van der Waals surface area contributed by atoms with Crippen molar-refractivity contribution >= 4 is 91.8 Å². The van der Waals surface area contributed by atoms with Crippen molar-refractivity contribution < 1.29 is 65.3 Å². The van der Waals surface area contributed by atoms with E-state index in [2.05, 4.69) is 51.3 Å². The lowest BCUT2D eigenvalue weighted by atomic mass is 9.83. The van der Waals surface area contributed by atoms with Crippen molar-refractivity contribution in [3.8, 4) is 0 Å². The van der Waals surface area contributed by atoms with Gasteiger partial charge in [-0.1, -0.05) is 54.3 Å². The fourth-order valence-electron chi connectivity index (χ4n) is 9.98. The molecule has 5 heterocycles. The monoisotopic (exact) mass is 1220 g/mol. The molecule has 22 nitrogen and oxygen atoms in total. The summed E-state index contributed by atoms with van der Waals surface area (Å²) in [6.07, 6.45) is 1.16. The SMILES string of the molecule is CNC(C)C(=O)NC(C(=O)N1CCN(C(=O)c2c(C(=O)NCCOCCOCCN3CCN(c4cc(Nc5ncc(C(=O)Nc6c(C)cccc6Cl)s5)nc(C)n4)CC3)c3cc(F)c(F)cc3n2C)CC1)C1CCCCC1.O=C(O)C(F)(F)F. The third-order valence-corrected chi connectivity index (χ3v) is 15.9. The summed E-state index contributed by atoms with van der Waals surface area (Å²) in [4.78, 5) is 98.8. The molecular weight excluding hydrogens is 1150 g/mol. The van der Waals surface area contributed by atoms with Crippen LogP contribution < -0.4 is 31.5 Å². The number of para-hydroxylation sites is 1. The standard InChI is InChI=1S/C53H68ClF2N13O7S.C2HF3O2/c1-32-10-9-13-37(54)45(32)63-49(71)41-31-59-53(77-41)62-42-30-43(61-34(3)60-42)67-17-15-66(16-18-67)23-25-76-27-26-75-24-14-58-50(72)44-36-28-38(55)39(56)29-40(36)65(5)47(44)52(74)69-21-19-68(20-22-69)51(73)46(35-11-7-6-8-12-35)64-48(70)33(2)57-4;3-2(4,5)1(6)7/h9-10,13,28-31,33,35,46,57H,6-8,11-12,14-27H2,1-5H3,(H,58,72)(H,63,71)(H,64,70)(H,59,60,61,62);(H,6,7). The Hall–Kier alpha value is -7.11. The molecule has 3 aliphatic rings. The Morgan fingerprint density at radius 1 is 0.857 bits per heavy atom. The number of benzene rings is 2. The maximum atomic E-state index is 14.7. The van der Waals surface area contributed by atoms with E-state index >= 15 is 0 Å². The van der Waals surface area contributed by atoms with Gasteiger partial charge in [-0.25, -0.2) is 28.5 Å². The summed E-state index contributed by atoms with van der Waals surface area (Å²) in [5, 5.41) is 23.0. The predicted molar refractivity (Wildman–Crippen MR) is 305 cm³/mol. The number of aliphatic carboxylic acids is 1. The number of ether oxygens (including phenoxy) is 2. The Morgan fingerprint density at radius 3 is 2.17 bits per heavy atom. The van der Waals surface area contributed by atoms with Gasteiger partial charge in [0.05, 0.1) is 60.5 Å². The first-order valence-electron chi connectivity index (χ1n) is 27.4. The number of carboxylic acids is 1. The number of carboxylic acid groups (broad SMARTS) is 1. The van der Waals surface area contributed by atoms with E-state index in [1.54, 1.807) is 24.9 Å². The maximum Gasteiger partial charge on any atom is 0.490 e. The van der Waals surface area contributed by atoms with E-state index in [1.807, 2.05) is 32.0 Å². The molecule has 2 aromatic carbocycles. The summed E-state index contributed by atoms with van der Waals surface area (Å²) in [6, 6.07) is 8.04. The molecule has 2 aliphatic heterocycles. The second-order valence-corrected chi connectivity index (χ2v) is 21.8. The van der Waals surface area contributed by atoms with Crippen molar-refractivity contribution in [3.05, 3.63) is 86.8 Å². The van der Waals surface area contributed by atoms with Crippen molar-refractivity contribution in [1.82, 2.24) is 50.2 Å². The number of aryl methyl sites for hydroxylation is 3. The van der Waals surface area contributed by atoms with Gasteiger partial charge in [0.2, 0.25) is 11.8 Å². The summed E-state index contributed by atoms with van der Waals surface area (Å²) < 4.78 is 74.1. The molecule has 29 heteroatoms.